The molecule has 1 saturated heterocycles. The molecule has 0 radical (unpaired) electrons. The molecule has 1 aromatic rings. The molecule has 1 aromatic heterocycles. The quantitative estimate of drug-likeness (QED) is 0.735. The highest BCUT2D eigenvalue weighted by atomic mass is 16.2. The molecular weight excluding hydrogens is 230 g/mol. The third-order valence-corrected chi connectivity index (χ3v) is 3.34. The van der Waals surface area contributed by atoms with E-state index in [1.807, 2.05) is 32.0 Å². The second kappa shape index (κ2) is 4.15. The molecule has 1 amide bonds. The van der Waals surface area contributed by atoms with Crippen molar-refractivity contribution in [1.29, 1.82) is 0 Å². The van der Waals surface area contributed by atoms with Crippen LogP contribution in [0.2, 0.25) is 0 Å². The van der Waals surface area contributed by atoms with Gasteiger partial charge in [-0.3, -0.25) is 20.1 Å². The number of amides is 1. The molecule has 6 heteroatoms. The summed E-state index contributed by atoms with van der Waals surface area (Å²) in [6.07, 6.45) is 1.67. The lowest BCUT2D eigenvalue weighted by molar-refractivity contribution is -0.120. The Balaban J connectivity index is 2.00. The van der Waals surface area contributed by atoms with Crippen LogP contribution in [0.5, 0.6) is 0 Å². The molecule has 3 unspecified atom stereocenters. The average Bonchev–Trinajstić information content (AvgIpc) is 2.73. The van der Waals surface area contributed by atoms with Crippen LogP contribution in [0.3, 0.4) is 0 Å². The van der Waals surface area contributed by atoms with Crippen LogP contribution in [0.15, 0.2) is 29.4 Å². The summed E-state index contributed by atoms with van der Waals surface area (Å²) in [4.78, 5) is 22.8. The summed E-state index contributed by atoms with van der Waals surface area (Å²) in [6, 6.07) is 5.29. The zero-order chi connectivity index (χ0) is 12.7. The minimum atomic E-state index is -0.314. The topological polar surface area (TPSA) is 69.6 Å². The number of nitrogens with one attached hydrogen (secondary N) is 2. The van der Waals surface area contributed by atoms with Crippen molar-refractivity contribution in [1.82, 2.24) is 15.8 Å². The maximum Gasteiger partial charge on any atom is 0.254 e. The van der Waals surface area contributed by atoms with Gasteiger partial charge in [0.1, 0.15) is 17.7 Å². The Kier molecular flexibility index (Phi) is 2.61. The van der Waals surface area contributed by atoms with Gasteiger partial charge in [0, 0.05) is 12.2 Å². The van der Waals surface area contributed by atoms with Gasteiger partial charge in [0.15, 0.2) is 0 Å². The van der Waals surface area contributed by atoms with Crippen LogP contribution in [0, 0.1) is 0 Å². The first-order valence-corrected chi connectivity index (χ1v) is 5.99. The normalized spacial score (nSPS) is 31.2. The Bertz CT molecular complexity index is 500. The highest BCUT2D eigenvalue weighted by molar-refractivity contribution is 6.19. The van der Waals surface area contributed by atoms with Gasteiger partial charge in [0.05, 0.1) is 6.04 Å². The van der Waals surface area contributed by atoms with E-state index in [1.54, 1.807) is 11.1 Å². The predicted molar refractivity (Wildman–Crippen MR) is 68.1 cm³/mol. The van der Waals surface area contributed by atoms with E-state index in [2.05, 4.69) is 20.8 Å². The average molecular weight is 245 g/mol. The number of pyridine rings is 1. The second-order valence-corrected chi connectivity index (χ2v) is 4.58. The fraction of sp³-hybridized carbons (Fsp3) is 0.417. The van der Waals surface area contributed by atoms with Gasteiger partial charge < -0.3 is 0 Å². The van der Waals surface area contributed by atoms with Crippen molar-refractivity contribution in [3.8, 4) is 0 Å². The fourth-order valence-electron chi connectivity index (χ4n) is 2.41. The smallest absolute Gasteiger partial charge is 0.254 e. The van der Waals surface area contributed by atoms with Gasteiger partial charge >= 0.3 is 0 Å². The van der Waals surface area contributed by atoms with Crippen molar-refractivity contribution < 1.29 is 4.79 Å². The first-order chi connectivity index (χ1) is 8.68. The van der Waals surface area contributed by atoms with Gasteiger partial charge in [-0.25, -0.2) is 10.4 Å². The molecule has 3 heterocycles. The number of hydrazine groups is 1. The van der Waals surface area contributed by atoms with Crippen molar-refractivity contribution in [3.05, 3.63) is 24.4 Å². The third kappa shape index (κ3) is 1.61. The third-order valence-electron chi connectivity index (χ3n) is 3.34. The Morgan fingerprint density at radius 3 is 2.89 bits per heavy atom. The Morgan fingerprint density at radius 1 is 1.33 bits per heavy atom. The van der Waals surface area contributed by atoms with E-state index in [1.165, 1.54) is 0 Å². The van der Waals surface area contributed by atoms with Crippen molar-refractivity contribution >= 4 is 17.6 Å². The van der Waals surface area contributed by atoms with Crippen LogP contribution in [0.1, 0.15) is 13.8 Å². The number of fused-ring (bicyclic) bond motifs is 1. The molecule has 1 fully saturated rings. The number of aromatic nitrogens is 1. The van der Waals surface area contributed by atoms with Crippen LogP contribution in [-0.2, 0) is 4.79 Å². The van der Waals surface area contributed by atoms with Crippen molar-refractivity contribution in [2.24, 2.45) is 4.99 Å². The van der Waals surface area contributed by atoms with Crippen molar-refractivity contribution in [2.75, 3.05) is 4.90 Å². The molecule has 0 bridgehead atoms. The van der Waals surface area contributed by atoms with E-state index < -0.39 is 0 Å². The lowest BCUT2D eigenvalue weighted by Gasteiger charge is -2.31. The molecule has 2 aliphatic rings. The maximum absolute atomic E-state index is 12.5. The van der Waals surface area contributed by atoms with Crippen LogP contribution in [-0.4, -0.2) is 34.9 Å². The van der Waals surface area contributed by atoms with Crippen LogP contribution < -0.4 is 15.8 Å². The van der Waals surface area contributed by atoms with Gasteiger partial charge in [-0.1, -0.05) is 6.07 Å². The van der Waals surface area contributed by atoms with Gasteiger partial charge in [-0.15, -0.1) is 0 Å². The number of carbonyl (C=O) groups excluding carboxylic acids is 1. The molecule has 94 valence electrons. The largest absolute Gasteiger partial charge is 0.272 e. The highest BCUT2D eigenvalue weighted by Crippen LogP contribution is 2.22. The molecule has 0 aromatic carbocycles. The molecule has 3 rings (SSSR count). The van der Waals surface area contributed by atoms with Crippen LogP contribution in [0.4, 0.5) is 5.82 Å². The number of amidine groups is 1. The molecule has 6 nitrogen and oxygen atoms in total. The summed E-state index contributed by atoms with van der Waals surface area (Å²) in [5.41, 5.74) is 6.06. The minimum Gasteiger partial charge on any atom is -0.272 e. The SMILES string of the molecule is CC1=NC2C(C)NNC2C(=O)N1c1ccccn1. The lowest BCUT2D eigenvalue weighted by Crippen LogP contribution is -2.55. The summed E-state index contributed by atoms with van der Waals surface area (Å²) in [5, 5.41) is 0. The van der Waals surface area contributed by atoms with E-state index in [4.69, 9.17) is 0 Å². The molecule has 2 aliphatic heterocycles. The highest BCUT2D eigenvalue weighted by Gasteiger charge is 2.44. The summed E-state index contributed by atoms with van der Waals surface area (Å²) < 4.78 is 0. The summed E-state index contributed by atoms with van der Waals surface area (Å²) in [5.74, 6) is 1.30. The molecule has 2 N–H and O–H groups in total. The number of carbonyl (C=O) groups is 1. The van der Waals surface area contributed by atoms with Gasteiger partial charge in [-0.2, -0.15) is 0 Å². The number of anilines is 1. The fourth-order valence-corrected chi connectivity index (χ4v) is 2.41. The number of hydrogen-bond donors (Lipinski definition) is 2. The van der Waals surface area contributed by atoms with Crippen molar-refractivity contribution in [3.63, 3.8) is 0 Å². The molecule has 0 aliphatic carbocycles. The van der Waals surface area contributed by atoms with Crippen molar-refractivity contribution in [2.45, 2.75) is 32.0 Å². The van der Waals surface area contributed by atoms with Gasteiger partial charge in [-0.05, 0) is 26.0 Å². The number of nitrogens with zero attached hydrogens (tertiary/aromatic N) is 3. The standard InChI is InChI=1S/C12H15N5O/c1-7-10-11(16-15-7)12(18)17(8(2)14-10)9-5-3-4-6-13-9/h3-7,10-11,15-16H,1-2H3. The number of hydrogen-bond acceptors (Lipinski definition) is 5. The Labute approximate surface area is 105 Å². The van der Waals surface area contributed by atoms with E-state index in [0.717, 1.165) is 0 Å². The molecule has 3 atom stereocenters. The molecule has 18 heavy (non-hydrogen) atoms. The monoisotopic (exact) mass is 245 g/mol. The van der Waals surface area contributed by atoms with E-state index in [-0.39, 0.29) is 24.0 Å². The Morgan fingerprint density at radius 2 is 2.17 bits per heavy atom. The molecule has 0 saturated carbocycles. The first kappa shape index (κ1) is 11.3. The summed E-state index contributed by atoms with van der Waals surface area (Å²) in [7, 11) is 0. The van der Waals surface area contributed by atoms with E-state index in [9.17, 15) is 4.79 Å². The second-order valence-electron chi connectivity index (χ2n) is 4.58. The summed E-state index contributed by atoms with van der Waals surface area (Å²) in [6.45, 7) is 3.85. The zero-order valence-corrected chi connectivity index (χ0v) is 10.3. The van der Waals surface area contributed by atoms with Gasteiger partial charge in [0.2, 0.25) is 0 Å². The number of rotatable bonds is 1. The lowest BCUT2D eigenvalue weighted by atomic mass is 10.0. The van der Waals surface area contributed by atoms with E-state index in [0.29, 0.717) is 11.7 Å². The maximum atomic E-state index is 12.5. The minimum absolute atomic E-state index is 0.0111. The zero-order valence-electron chi connectivity index (χ0n) is 10.3. The van der Waals surface area contributed by atoms with Crippen LogP contribution in [0.25, 0.3) is 0 Å². The predicted octanol–water partition coefficient (Wildman–Crippen LogP) is 0.0801. The van der Waals surface area contributed by atoms with E-state index >= 15 is 0 Å². The van der Waals surface area contributed by atoms with Gasteiger partial charge in [0.25, 0.3) is 5.91 Å². The first-order valence-electron chi connectivity index (χ1n) is 5.99. The number of aliphatic imine (C=N–C) groups is 1. The van der Waals surface area contributed by atoms with Crippen LogP contribution >= 0.6 is 0 Å². The molecule has 0 spiro atoms. The summed E-state index contributed by atoms with van der Waals surface area (Å²) >= 11 is 0. The Hall–Kier alpha value is -1.79. The molecular formula is C12H15N5O.